The van der Waals surface area contributed by atoms with Crippen molar-refractivity contribution in [1.82, 2.24) is 5.32 Å². The molecular weight excluding hydrogens is 266 g/mol. The van der Waals surface area contributed by atoms with Crippen LogP contribution in [0.25, 0.3) is 0 Å². The van der Waals surface area contributed by atoms with Crippen LogP contribution in [0, 0.1) is 5.92 Å². The summed E-state index contributed by atoms with van der Waals surface area (Å²) in [6, 6.07) is 6.61. The van der Waals surface area contributed by atoms with Gasteiger partial charge in [0.15, 0.2) is 0 Å². The van der Waals surface area contributed by atoms with Crippen molar-refractivity contribution in [1.29, 1.82) is 0 Å². The number of rotatable bonds is 6. The van der Waals surface area contributed by atoms with E-state index in [9.17, 15) is 0 Å². The number of benzene rings is 1. The molecule has 21 heavy (non-hydrogen) atoms. The fraction of sp³-hybridized carbons (Fsp3) is 0.647. The minimum Gasteiger partial charge on any atom is -0.497 e. The number of hydrogen-bond acceptors (Lipinski definition) is 4. The van der Waals surface area contributed by atoms with Gasteiger partial charge < -0.3 is 19.5 Å². The van der Waals surface area contributed by atoms with Gasteiger partial charge in [-0.1, -0.05) is 0 Å². The summed E-state index contributed by atoms with van der Waals surface area (Å²) in [5, 5.41) is 3.73. The third-order valence-electron chi connectivity index (χ3n) is 4.59. The second-order valence-corrected chi connectivity index (χ2v) is 6.06. The summed E-state index contributed by atoms with van der Waals surface area (Å²) in [5.74, 6) is 2.53. The summed E-state index contributed by atoms with van der Waals surface area (Å²) in [4.78, 5) is 0. The van der Waals surface area contributed by atoms with Crippen LogP contribution in [0.5, 0.6) is 11.5 Å². The molecule has 1 saturated heterocycles. The molecule has 0 radical (unpaired) electrons. The zero-order valence-corrected chi connectivity index (χ0v) is 13.1. The van der Waals surface area contributed by atoms with E-state index in [1.807, 2.05) is 12.1 Å². The largest absolute Gasteiger partial charge is 0.497 e. The topological polar surface area (TPSA) is 39.7 Å². The average Bonchev–Trinajstić information content (AvgIpc) is 3.26. The number of ether oxygens (including phenoxy) is 3. The Labute approximate surface area is 126 Å². The van der Waals surface area contributed by atoms with Gasteiger partial charge in [-0.3, -0.25) is 0 Å². The molecule has 1 saturated carbocycles. The molecule has 4 heteroatoms. The van der Waals surface area contributed by atoms with E-state index in [4.69, 9.17) is 14.2 Å². The molecule has 2 fully saturated rings. The monoisotopic (exact) mass is 291 g/mol. The van der Waals surface area contributed by atoms with Gasteiger partial charge >= 0.3 is 0 Å². The molecule has 1 N–H and O–H groups in total. The van der Waals surface area contributed by atoms with Gasteiger partial charge in [-0.2, -0.15) is 0 Å². The maximum absolute atomic E-state index is 5.91. The second-order valence-electron chi connectivity index (χ2n) is 6.06. The first-order valence-electron chi connectivity index (χ1n) is 7.82. The smallest absolute Gasteiger partial charge is 0.123 e. The van der Waals surface area contributed by atoms with Crippen LogP contribution in [0.15, 0.2) is 18.2 Å². The molecular formula is C17H25NO3. The van der Waals surface area contributed by atoms with Gasteiger partial charge in [-0.05, 0) is 50.3 Å². The van der Waals surface area contributed by atoms with E-state index in [2.05, 4.69) is 18.3 Å². The van der Waals surface area contributed by atoms with Crippen LogP contribution in [-0.4, -0.2) is 33.0 Å². The zero-order valence-electron chi connectivity index (χ0n) is 13.1. The van der Waals surface area contributed by atoms with Crippen LogP contribution in [0.3, 0.4) is 0 Å². The Morgan fingerprint density at radius 3 is 2.67 bits per heavy atom. The second kappa shape index (κ2) is 6.24. The number of nitrogens with one attached hydrogen (secondary N) is 1. The van der Waals surface area contributed by atoms with E-state index in [-0.39, 0.29) is 6.04 Å². The van der Waals surface area contributed by atoms with Crippen molar-refractivity contribution in [3.05, 3.63) is 23.8 Å². The Morgan fingerprint density at radius 2 is 2.00 bits per heavy atom. The van der Waals surface area contributed by atoms with Gasteiger partial charge in [-0.25, -0.2) is 0 Å². The van der Waals surface area contributed by atoms with Crippen molar-refractivity contribution >= 4 is 0 Å². The van der Waals surface area contributed by atoms with Crippen molar-refractivity contribution in [3.8, 4) is 11.5 Å². The van der Waals surface area contributed by atoms with Crippen LogP contribution >= 0.6 is 0 Å². The molecule has 0 aromatic heterocycles. The summed E-state index contributed by atoms with van der Waals surface area (Å²) in [7, 11) is 3.40. The lowest BCUT2D eigenvalue weighted by Crippen LogP contribution is -2.39. The molecule has 2 aliphatic rings. The van der Waals surface area contributed by atoms with Crippen molar-refractivity contribution in [2.45, 2.75) is 44.4 Å². The van der Waals surface area contributed by atoms with Crippen LogP contribution in [0.1, 0.15) is 37.8 Å². The molecule has 3 rings (SSSR count). The summed E-state index contributed by atoms with van der Waals surface area (Å²) in [6.07, 6.45) is 4.13. The van der Waals surface area contributed by atoms with Gasteiger partial charge in [0, 0.05) is 24.3 Å². The molecule has 4 nitrogen and oxygen atoms in total. The lowest BCUT2D eigenvalue weighted by atomic mass is 10.0. The number of hydrogen-bond donors (Lipinski definition) is 1. The van der Waals surface area contributed by atoms with Crippen molar-refractivity contribution < 1.29 is 14.2 Å². The van der Waals surface area contributed by atoms with Gasteiger partial charge in [0.1, 0.15) is 11.5 Å². The van der Waals surface area contributed by atoms with Crippen molar-refractivity contribution in [2.24, 2.45) is 5.92 Å². The quantitative estimate of drug-likeness (QED) is 0.875. The Morgan fingerprint density at radius 1 is 1.19 bits per heavy atom. The maximum atomic E-state index is 5.91. The highest BCUT2D eigenvalue weighted by molar-refractivity contribution is 5.42. The fourth-order valence-corrected chi connectivity index (χ4v) is 3.27. The van der Waals surface area contributed by atoms with Crippen LogP contribution in [0.2, 0.25) is 0 Å². The molecule has 0 bridgehead atoms. The summed E-state index contributed by atoms with van der Waals surface area (Å²) < 4.78 is 16.7. The Kier molecular flexibility index (Phi) is 4.36. The maximum Gasteiger partial charge on any atom is 0.123 e. The molecule has 1 aliphatic heterocycles. The van der Waals surface area contributed by atoms with E-state index in [1.165, 1.54) is 12.8 Å². The molecule has 3 unspecified atom stereocenters. The fourth-order valence-electron chi connectivity index (χ4n) is 3.27. The first-order chi connectivity index (χ1) is 10.2. The lowest BCUT2D eigenvalue weighted by Gasteiger charge is -2.25. The zero-order chi connectivity index (χ0) is 14.8. The molecule has 0 spiro atoms. The minimum atomic E-state index is 0.211. The average molecular weight is 291 g/mol. The van der Waals surface area contributed by atoms with Crippen molar-refractivity contribution in [2.75, 3.05) is 20.8 Å². The Hall–Kier alpha value is -1.26. The van der Waals surface area contributed by atoms with E-state index in [0.717, 1.165) is 36.0 Å². The van der Waals surface area contributed by atoms with Crippen LogP contribution in [-0.2, 0) is 4.74 Å². The van der Waals surface area contributed by atoms with E-state index in [0.29, 0.717) is 12.1 Å². The minimum absolute atomic E-state index is 0.211. The predicted molar refractivity (Wildman–Crippen MR) is 82.0 cm³/mol. The highest BCUT2D eigenvalue weighted by Gasteiger charge is 2.41. The summed E-state index contributed by atoms with van der Waals surface area (Å²) >= 11 is 0. The Bertz CT molecular complexity index is 487. The van der Waals surface area contributed by atoms with E-state index in [1.54, 1.807) is 14.2 Å². The third-order valence-corrected chi connectivity index (χ3v) is 4.59. The number of methoxy groups -OCH3 is 2. The van der Waals surface area contributed by atoms with Crippen LogP contribution < -0.4 is 14.8 Å². The summed E-state index contributed by atoms with van der Waals surface area (Å²) in [5.41, 5.74) is 1.14. The highest BCUT2D eigenvalue weighted by Crippen LogP contribution is 2.39. The van der Waals surface area contributed by atoms with Gasteiger partial charge in [0.2, 0.25) is 0 Å². The molecule has 1 aromatic rings. The molecule has 1 aliphatic carbocycles. The molecule has 3 atom stereocenters. The van der Waals surface area contributed by atoms with Crippen molar-refractivity contribution in [3.63, 3.8) is 0 Å². The molecule has 116 valence electrons. The third kappa shape index (κ3) is 3.16. The van der Waals surface area contributed by atoms with Gasteiger partial charge in [-0.15, -0.1) is 0 Å². The normalized spacial score (nSPS) is 26.6. The van der Waals surface area contributed by atoms with Crippen LogP contribution in [0.4, 0.5) is 0 Å². The molecule has 1 aromatic carbocycles. The first-order valence-corrected chi connectivity index (χ1v) is 7.82. The lowest BCUT2D eigenvalue weighted by molar-refractivity contribution is 0.0792. The van der Waals surface area contributed by atoms with E-state index < -0.39 is 0 Å². The standard InChI is InChI=1S/C17H25NO3/c1-11(14-10-13(19-2)6-7-16(14)20-3)18-15-8-9-21-17(15)12-4-5-12/h6-7,10-12,15,17-18H,4-5,8-9H2,1-3H3. The SMILES string of the molecule is COc1ccc(OC)c(C(C)NC2CCOC2C2CC2)c1. The van der Waals surface area contributed by atoms with E-state index >= 15 is 0 Å². The van der Waals surface area contributed by atoms with Gasteiger partial charge in [0.05, 0.1) is 20.3 Å². The Balaban J connectivity index is 1.73. The predicted octanol–water partition coefficient (Wildman–Crippen LogP) is 2.92. The summed E-state index contributed by atoms with van der Waals surface area (Å²) in [6.45, 7) is 3.06. The first kappa shape index (κ1) is 14.7. The highest BCUT2D eigenvalue weighted by atomic mass is 16.5. The molecule has 0 amide bonds. The van der Waals surface area contributed by atoms with Gasteiger partial charge in [0.25, 0.3) is 0 Å². The molecule has 1 heterocycles.